The first-order valence-corrected chi connectivity index (χ1v) is 9.47. The number of pyridine rings is 1. The summed E-state index contributed by atoms with van der Waals surface area (Å²) in [4.78, 5) is 4.35. The van der Waals surface area contributed by atoms with Crippen LogP contribution in [0.15, 0.2) is 36.2 Å². The first-order valence-electron chi connectivity index (χ1n) is 9.47. The number of rotatable bonds is 5. The van der Waals surface area contributed by atoms with Gasteiger partial charge in [-0.1, -0.05) is 6.07 Å². The van der Waals surface area contributed by atoms with Gasteiger partial charge in [-0.05, 0) is 70.7 Å². The third kappa shape index (κ3) is 3.71. The lowest BCUT2D eigenvalue weighted by atomic mass is 9.87. The average molecular weight is 369 g/mol. The van der Waals surface area contributed by atoms with E-state index in [1.165, 1.54) is 18.9 Å². The van der Waals surface area contributed by atoms with E-state index in [9.17, 15) is 4.39 Å². The quantitative estimate of drug-likeness (QED) is 0.738. The smallest absolute Gasteiger partial charge is 0.398 e. The van der Waals surface area contributed by atoms with Gasteiger partial charge in [-0.25, -0.2) is 4.39 Å². The molecule has 1 aliphatic heterocycles. The molecule has 1 aliphatic carbocycles. The van der Waals surface area contributed by atoms with Crippen LogP contribution in [0.25, 0.3) is 17.5 Å². The minimum atomic E-state index is -1.00. The maximum atomic E-state index is 15.0. The molecule has 142 valence electrons. The van der Waals surface area contributed by atoms with Crippen LogP contribution >= 0.6 is 0 Å². The average Bonchev–Trinajstić information content (AvgIpc) is 3.29. The van der Waals surface area contributed by atoms with Crippen LogP contribution in [0.4, 0.5) is 4.39 Å². The number of nitrogens with zero attached hydrogens (tertiary/aromatic N) is 3. The molecule has 1 saturated carbocycles. The van der Waals surface area contributed by atoms with Gasteiger partial charge in [-0.15, -0.1) is 0 Å². The summed E-state index contributed by atoms with van der Waals surface area (Å²) in [5.74, 6) is 0.619. The van der Waals surface area contributed by atoms with Gasteiger partial charge in [0.25, 0.3) is 0 Å². The Morgan fingerprint density at radius 3 is 2.52 bits per heavy atom. The minimum absolute atomic E-state index is 0.446. The monoisotopic (exact) mass is 369 g/mol. The summed E-state index contributed by atoms with van der Waals surface area (Å²) in [6.45, 7) is 8.44. The lowest BCUT2D eigenvalue weighted by molar-refractivity contribution is 0.00578. The first kappa shape index (κ1) is 18.4. The Morgan fingerprint density at radius 1 is 1.22 bits per heavy atom. The third-order valence-electron chi connectivity index (χ3n) is 5.63. The standard InChI is InChI=1S/C20H25BFN3O2/c1-19(2)20(3,4)27-21(26-19)18(22)12-15-11-17(16-7-5-6-10-23-16)24-25(15)13-14-8-9-14/h5-7,10-12,14H,8-9,13H2,1-4H3. The Bertz CT molecular complexity index is 843. The van der Waals surface area contributed by atoms with Gasteiger partial charge in [-0.2, -0.15) is 5.10 Å². The van der Waals surface area contributed by atoms with Crippen molar-refractivity contribution in [2.24, 2.45) is 5.92 Å². The molecule has 3 heterocycles. The van der Waals surface area contributed by atoms with Crippen molar-refractivity contribution in [2.45, 2.75) is 58.3 Å². The Kier molecular flexibility index (Phi) is 4.47. The van der Waals surface area contributed by atoms with Crippen LogP contribution < -0.4 is 0 Å². The highest BCUT2D eigenvalue weighted by Crippen LogP contribution is 2.39. The van der Waals surface area contributed by atoms with Gasteiger partial charge in [0.05, 0.1) is 22.6 Å². The lowest BCUT2D eigenvalue weighted by Crippen LogP contribution is -2.41. The van der Waals surface area contributed by atoms with Crippen LogP contribution in [-0.4, -0.2) is 33.1 Å². The van der Waals surface area contributed by atoms with Gasteiger partial charge in [0.1, 0.15) is 11.4 Å². The largest absolute Gasteiger partial charge is 0.525 e. The van der Waals surface area contributed by atoms with Crippen LogP contribution in [0, 0.1) is 5.92 Å². The molecule has 2 aromatic heterocycles. The highest BCUT2D eigenvalue weighted by atomic mass is 19.1. The molecule has 0 N–H and O–H groups in total. The fraction of sp³-hybridized carbons (Fsp3) is 0.500. The number of halogens is 1. The highest BCUT2D eigenvalue weighted by Gasteiger charge is 2.53. The Hall–Kier alpha value is -1.99. The summed E-state index contributed by atoms with van der Waals surface area (Å²) in [5, 5.41) is 4.66. The van der Waals surface area contributed by atoms with E-state index in [-0.39, 0.29) is 0 Å². The molecule has 7 heteroatoms. The molecule has 0 bridgehead atoms. The van der Waals surface area contributed by atoms with E-state index in [0.717, 1.165) is 17.9 Å². The van der Waals surface area contributed by atoms with E-state index in [0.29, 0.717) is 11.6 Å². The lowest BCUT2D eigenvalue weighted by Gasteiger charge is -2.32. The minimum Gasteiger partial charge on any atom is -0.398 e. The predicted molar refractivity (Wildman–Crippen MR) is 103 cm³/mol. The molecular weight excluding hydrogens is 344 g/mol. The summed E-state index contributed by atoms with van der Waals surface area (Å²) in [5.41, 5.74) is 0.627. The zero-order valence-electron chi connectivity index (χ0n) is 16.3. The second-order valence-corrected chi connectivity index (χ2v) is 8.41. The third-order valence-corrected chi connectivity index (χ3v) is 5.63. The second-order valence-electron chi connectivity index (χ2n) is 8.41. The molecular formula is C20H25BFN3O2. The maximum absolute atomic E-state index is 15.0. The number of hydrogen-bond donors (Lipinski definition) is 0. The van der Waals surface area contributed by atoms with Crippen molar-refractivity contribution in [3.05, 3.63) is 41.9 Å². The zero-order valence-corrected chi connectivity index (χ0v) is 16.3. The molecule has 4 rings (SSSR count). The van der Waals surface area contributed by atoms with Crippen LogP contribution in [0.3, 0.4) is 0 Å². The summed E-state index contributed by atoms with van der Waals surface area (Å²) in [6.07, 6.45) is 5.60. The van der Waals surface area contributed by atoms with Gasteiger partial charge in [0.15, 0.2) is 0 Å². The Labute approximate surface area is 159 Å². The fourth-order valence-electron chi connectivity index (χ4n) is 3.04. The number of aromatic nitrogens is 3. The van der Waals surface area contributed by atoms with E-state index >= 15 is 0 Å². The van der Waals surface area contributed by atoms with Crippen molar-refractivity contribution < 1.29 is 13.7 Å². The first-order chi connectivity index (χ1) is 12.7. The molecule has 5 nitrogen and oxygen atoms in total. The van der Waals surface area contributed by atoms with Crippen LogP contribution in [0.2, 0.25) is 0 Å². The van der Waals surface area contributed by atoms with Crippen molar-refractivity contribution >= 4 is 13.2 Å². The molecule has 0 aromatic carbocycles. The maximum Gasteiger partial charge on any atom is 0.525 e. The van der Waals surface area contributed by atoms with Gasteiger partial charge < -0.3 is 9.31 Å². The molecule has 2 fully saturated rings. The van der Waals surface area contributed by atoms with E-state index < -0.39 is 24.0 Å². The van der Waals surface area contributed by atoms with Crippen molar-refractivity contribution in [2.75, 3.05) is 0 Å². The molecule has 0 atom stereocenters. The normalized spacial score (nSPS) is 21.7. The Morgan fingerprint density at radius 2 is 1.93 bits per heavy atom. The molecule has 0 amide bonds. The van der Waals surface area contributed by atoms with Crippen molar-refractivity contribution in [3.8, 4) is 11.4 Å². The van der Waals surface area contributed by atoms with E-state index in [2.05, 4.69) is 10.1 Å². The summed E-state index contributed by atoms with van der Waals surface area (Å²) >= 11 is 0. The predicted octanol–water partition coefficient (Wildman–Crippen LogP) is 4.30. The van der Waals surface area contributed by atoms with Crippen LogP contribution in [0.1, 0.15) is 46.2 Å². The van der Waals surface area contributed by atoms with Gasteiger partial charge in [0, 0.05) is 12.7 Å². The molecule has 2 aliphatic rings. The molecule has 1 saturated heterocycles. The van der Waals surface area contributed by atoms with Gasteiger partial charge in [0.2, 0.25) is 0 Å². The molecule has 2 aromatic rings. The second kappa shape index (κ2) is 6.57. The number of hydrogen-bond acceptors (Lipinski definition) is 4. The van der Waals surface area contributed by atoms with Crippen molar-refractivity contribution in [1.82, 2.24) is 14.8 Å². The molecule has 27 heavy (non-hydrogen) atoms. The molecule has 0 unspecified atom stereocenters. The summed E-state index contributed by atoms with van der Waals surface area (Å²) in [6, 6.07) is 7.56. The van der Waals surface area contributed by atoms with Gasteiger partial charge >= 0.3 is 7.12 Å². The molecule has 0 spiro atoms. The van der Waals surface area contributed by atoms with Crippen LogP contribution in [0.5, 0.6) is 0 Å². The van der Waals surface area contributed by atoms with E-state index in [4.69, 9.17) is 9.31 Å². The Balaban J connectivity index is 1.64. The highest BCUT2D eigenvalue weighted by molar-refractivity contribution is 6.54. The van der Waals surface area contributed by atoms with Crippen molar-refractivity contribution in [3.63, 3.8) is 0 Å². The molecule has 0 radical (unpaired) electrons. The van der Waals surface area contributed by atoms with Crippen molar-refractivity contribution in [1.29, 1.82) is 0 Å². The summed E-state index contributed by atoms with van der Waals surface area (Å²) in [7, 11) is -1.00. The van der Waals surface area contributed by atoms with E-state index in [1.807, 2.05) is 56.6 Å². The van der Waals surface area contributed by atoms with Gasteiger partial charge in [-0.3, -0.25) is 9.67 Å². The SMILES string of the molecule is CC1(C)OB(C(F)=Cc2cc(-c3ccccn3)nn2CC2CC2)OC1(C)C. The fourth-order valence-corrected chi connectivity index (χ4v) is 3.04. The zero-order chi connectivity index (χ0) is 19.2. The van der Waals surface area contributed by atoms with Crippen LogP contribution in [-0.2, 0) is 15.9 Å². The summed E-state index contributed by atoms with van der Waals surface area (Å²) < 4.78 is 28.5. The topological polar surface area (TPSA) is 49.2 Å². The van der Waals surface area contributed by atoms with E-state index in [1.54, 1.807) is 6.20 Å².